The third-order valence-electron chi connectivity index (χ3n) is 3.21. The molecule has 122 valence electrons. The van der Waals surface area contributed by atoms with Gasteiger partial charge < -0.3 is 14.8 Å². The smallest absolute Gasteiger partial charge is 0.408 e. The van der Waals surface area contributed by atoms with Gasteiger partial charge in [-0.15, -0.1) is 0 Å². The Balaban J connectivity index is 3.03. The number of hydrogen-bond acceptors (Lipinski definition) is 3. The molecule has 1 N–H and O–H groups in total. The van der Waals surface area contributed by atoms with Crippen LogP contribution in [-0.2, 0) is 9.53 Å². The predicted octanol–water partition coefficient (Wildman–Crippen LogP) is 4.38. The largest absolute Gasteiger partial charge is 0.444 e. The molecule has 0 spiro atoms. The van der Waals surface area contributed by atoms with Crippen LogP contribution >= 0.6 is 11.6 Å². The average Bonchev–Trinajstić information content (AvgIpc) is 2.36. The van der Waals surface area contributed by atoms with E-state index in [1.807, 2.05) is 26.0 Å². The molecule has 0 aromatic heterocycles. The van der Waals surface area contributed by atoms with E-state index < -0.39 is 17.7 Å². The summed E-state index contributed by atoms with van der Waals surface area (Å²) in [5.41, 5.74) is 0.226. The first-order chi connectivity index (χ1) is 10.1. The Labute approximate surface area is 137 Å². The van der Waals surface area contributed by atoms with Crippen molar-refractivity contribution in [2.45, 2.75) is 46.3 Å². The third-order valence-corrected chi connectivity index (χ3v) is 3.47. The van der Waals surface area contributed by atoms with Gasteiger partial charge in [-0.25, -0.2) is 4.79 Å². The Morgan fingerprint density at radius 3 is 2.18 bits per heavy atom. The molecule has 0 bridgehead atoms. The normalized spacial score (nSPS) is 14.3. The Morgan fingerprint density at radius 2 is 1.77 bits per heavy atom. The average molecular weight is 326 g/mol. The van der Waals surface area contributed by atoms with E-state index >= 15 is 0 Å². The molecular formula is C17H24ClNO3. The van der Waals surface area contributed by atoms with Gasteiger partial charge in [0.15, 0.2) is 0 Å². The van der Waals surface area contributed by atoms with Crippen LogP contribution in [0.3, 0.4) is 0 Å². The fraction of sp³-hybridized carbons (Fsp3) is 0.529. The monoisotopic (exact) mass is 325 g/mol. The number of hydrogen-bond donors (Lipinski definition) is 1. The molecule has 22 heavy (non-hydrogen) atoms. The van der Waals surface area contributed by atoms with E-state index in [0.717, 1.165) is 11.8 Å². The molecule has 0 aliphatic rings. The van der Waals surface area contributed by atoms with Crippen molar-refractivity contribution in [2.75, 3.05) is 0 Å². The van der Waals surface area contributed by atoms with Gasteiger partial charge in [-0.3, -0.25) is 0 Å². The minimum absolute atomic E-state index is 0.0770. The van der Waals surface area contributed by atoms with Gasteiger partial charge in [-0.2, -0.15) is 0 Å². The van der Waals surface area contributed by atoms with Crippen molar-refractivity contribution in [2.24, 2.45) is 11.8 Å². The molecule has 1 rings (SSSR count). The standard InChI is InChI=1S/C17H24ClNO3/c1-11(2)14(10-20)15(12-6-8-13(18)9-7-12)19-16(21)22-17(3,4)5/h6-11,14-15H,1-5H3,(H,19,21)/t14-,15+/m0/s1. The molecule has 0 aliphatic carbocycles. The second kappa shape index (κ2) is 7.63. The number of carbonyl (C=O) groups excluding carboxylic acids is 2. The predicted molar refractivity (Wildman–Crippen MR) is 88.0 cm³/mol. The number of aldehydes is 1. The van der Waals surface area contributed by atoms with E-state index in [4.69, 9.17) is 16.3 Å². The van der Waals surface area contributed by atoms with E-state index in [2.05, 4.69) is 5.32 Å². The van der Waals surface area contributed by atoms with Crippen molar-refractivity contribution in [3.63, 3.8) is 0 Å². The van der Waals surface area contributed by atoms with Crippen LogP contribution in [0.4, 0.5) is 4.79 Å². The molecule has 0 saturated carbocycles. The number of nitrogens with one attached hydrogen (secondary N) is 1. The summed E-state index contributed by atoms with van der Waals surface area (Å²) in [6.07, 6.45) is 0.335. The van der Waals surface area contributed by atoms with Crippen molar-refractivity contribution < 1.29 is 14.3 Å². The number of benzene rings is 1. The quantitative estimate of drug-likeness (QED) is 0.817. The van der Waals surface area contributed by atoms with Gasteiger partial charge in [0.1, 0.15) is 11.9 Å². The molecule has 0 radical (unpaired) electrons. The summed E-state index contributed by atoms with van der Waals surface area (Å²) in [5, 5.41) is 3.41. The van der Waals surface area contributed by atoms with Crippen molar-refractivity contribution >= 4 is 24.0 Å². The molecule has 0 saturated heterocycles. The van der Waals surface area contributed by atoms with Gasteiger partial charge in [0.2, 0.25) is 0 Å². The molecule has 1 amide bonds. The molecule has 4 nitrogen and oxygen atoms in total. The first-order valence-electron chi connectivity index (χ1n) is 7.34. The lowest BCUT2D eigenvalue weighted by Crippen LogP contribution is -2.39. The molecule has 5 heteroatoms. The Bertz CT molecular complexity index is 506. The summed E-state index contributed by atoms with van der Waals surface area (Å²) in [7, 11) is 0. The van der Waals surface area contributed by atoms with Gasteiger partial charge >= 0.3 is 6.09 Å². The fourth-order valence-electron chi connectivity index (χ4n) is 2.13. The maximum absolute atomic E-state index is 12.1. The van der Waals surface area contributed by atoms with E-state index in [9.17, 15) is 9.59 Å². The molecular weight excluding hydrogens is 302 g/mol. The highest BCUT2D eigenvalue weighted by Crippen LogP contribution is 2.28. The second-order valence-corrected chi connectivity index (χ2v) is 7.07. The van der Waals surface area contributed by atoms with Crippen LogP contribution < -0.4 is 5.32 Å². The lowest BCUT2D eigenvalue weighted by Gasteiger charge is -2.29. The highest BCUT2D eigenvalue weighted by atomic mass is 35.5. The number of ether oxygens (including phenoxy) is 1. The van der Waals surface area contributed by atoms with Gasteiger partial charge in [-0.1, -0.05) is 37.6 Å². The SMILES string of the molecule is CC(C)[C@H](C=O)[C@H](NC(=O)OC(C)(C)C)c1ccc(Cl)cc1. The number of halogens is 1. The van der Waals surface area contributed by atoms with Gasteiger partial charge in [0.25, 0.3) is 0 Å². The highest BCUT2D eigenvalue weighted by Gasteiger charge is 2.29. The zero-order valence-corrected chi connectivity index (χ0v) is 14.5. The summed E-state index contributed by atoms with van der Waals surface area (Å²) in [6.45, 7) is 9.27. The molecule has 0 unspecified atom stereocenters. The minimum Gasteiger partial charge on any atom is -0.444 e. The van der Waals surface area contributed by atoms with Crippen molar-refractivity contribution in [3.05, 3.63) is 34.9 Å². The van der Waals surface area contributed by atoms with Crippen LogP contribution in [-0.4, -0.2) is 18.0 Å². The van der Waals surface area contributed by atoms with E-state index in [-0.39, 0.29) is 11.8 Å². The molecule has 0 fully saturated rings. The zero-order valence-electron chi connectivity index (χ0n) is 13.7. The molecule has 0 heterocycles. The van der Waals surface area contributed by atoms with Crippen LogP contribution in [0, 0.1) is 11.8 Å². The first-order valence-corrected chi connectivity index (χ1v) is 7.72. The van der Waals surface area contributed by atoms with Crippen LogP contribution in [0.2, 0.25) is 5.02 Å². The Hall–Kier alpha value is -1.55. The summed E-state index contributed by atoms with van der Waals surface area (Å²) in [4.78, 5) is 23.6. The molecule has 2 atom stereocenters. The summed E-state index contributed by atoms with van der Waals surface area (Å²) in [6, 6.07) is 6.64. The summed E-state index contributed by atoms with van der Waals surface area (Å²) in [5.74, 6) is -0.276. The number of rotatable bonds is 5. The molecule has 0 aliphatic heterocycles. The van der Waals surface area contributed by atoms with E-state index in [0.29, 0.717) is 5.02 Å². The maximum atomic E-state index is 12.1. The van der Waals surface area contributed by atoms with Gasteiger partial charge in [-0.05, 0) is 44.4 Å². The minimum atomic E-state index is -0.594. The molecule has 1 aromatic rings. The fourth-order valence-corrected chi connectivity index (χ4v) is 2.25. The zero-order chi connectivity index (χ0) is 16.9. The molecule has 1 aromatic carbocycles. The van der Waals surface area contributed by atoms with E-state index in [1.165, 1.54) is 0 Å². The Kier molecular flexibility index (Phi) is 6.42. The van der Waals surface area contributed by atoms with Crippen LogP contribution in [0.25, 0.3) is 0 Å². The third kappa shape index (κ3) is 5.68. The first kappa shape index (κ1) is 18.5. The number of alkyl carbamates (subject to hydrolysis) is 1. The summed E-state index contributed by atoms with van der Waals surface area (Å²) < 4.78 is 5.30. The maximum Gasteiger partial charge on any atom is 0.408 e. The number of amides is 1. The number of carbonyl (C=O) groups is 2. The Morgan fingerprint density at radius 1 is 1.23 bits per heavy atom. The van der Waals surface area contributed by atoms with Crippen molar-refractivity contribution in [1.82, 2.24) is 5.32 Å². The lowest BCUT2D eigenvalue weighted by molar-refractivity contribution is -0.113. The highest BCUT2D eigenvalue weighted by molar-refractivity contribution is 6.30. The van der Waals surface area contributed by atoms with Gasteiger partial charge in [0.05, 0.1) is 6.04 Å². The van der Waals surface area contributed by atoms with Crippen LogP contribution in [0.5, 0.6) is 0 Å². The topological polar surface area (TPSA) is 55.4 Å². The van der Waals surface area contributed by atoms with Crippen molar-refractivity contribution in [1.29, 1.82) is 0 Å². The van der Waals surface area contributed by atoms with Gasteiger partial charge in [0, 0.05) is 10.9 Å². The van der Waals surface area contributed by atoms with Crippen LogP contribution in [0.15, 0.2) is 24.3 Å². The van der Waals surface area contributed by atoms with Crippen molar-refractivity contribution in [3.8, 4) is 0 Å². The van der Waals surface area contributed by atoms with E-state index in [1.54, 1.807) is 32.9 Å². The lowest BCUT2D eigenvalue weighted by atomic mass is 9.85. The summed E-state index contributed by atoms with van der Waals surface area (Å²) >= 11 is 5.90. The van der Waals surface area contributed by atoms with Crippen LogP contribution in [0.1, 0.15) is 46.2 Å². The second-order valence-electron chi connectivity index (χ2n) is 6.63.